The van der Waals surface area contributed by atoms with Crippen molar-refractivity contribution < 1.29 is 9.59 Å². The van der Waals surface area contributed by atoms with E-state index < -0.39 is 0 Å². The van der Waals surface area contributed by atoms with Gasteiger partial charge >= 0.3 is 0 Å². The molecule has 27 heavy (non-hydrogen) atoms. The second-order valence-electron chi connectivity index (χ2n) is 9.48. The Kier molecular flexibility index (Phi) is 4.44. The highest BCUT2D eigenvalue weighted by Gasteiger charge is 2.54. The molecular formula is C22H31N3O2. The smallest absolute Gasteiger partial charge is 0.253 e. The molecule has 1 aromatic rings. The van der Waals surface area contributed by atoms with Crippen molar-refractivity contribution in [1.29, 1.82) is 0 Å². The molecule has 4 fully saturated rings. The lowest BCUT2D eigenvalue weighted by atomic mass is 9.49. The van der Waals surface area contributed by atoms with Gasteiger partial charge in [-0.05, 0) is 74.5 Å². The molecule has 0 aliphatic heterocycles. The van der Waals surface area contributed by atoms with E-state index in [4.69, 9.17) is 0 Å². The minimum absolute atomic E-state index is 0.0504. The van der Waals surface area contributed by atoms with Gasteiger partial charge in [0.1, 0.15) is 0 Å². The van der Waals surface area contributed by atoms with Crippen LogP contribution in [0.5, 0.6) is 0 Å². The molecule has 2 amide bonds. The van der Waals surface area contributed by atoms with Crippen LogP contribution < -0.4 is 10.2 Å². The lowest BCUT2D eigenvalue weighted by Crippen LogP contribution is -2.51. The molecule has 0 atom stereocenters. The molecule has 4 saturated carbocycles. The number of carbonyl (C=O) groups excluding carboxylic acids is 2. The maximum Gasteiger partial charge on any atom is 0.253 e. The van der Waals surface area contributed by atoms with Gasteiger partial charge in [0.25, 0.3) is 5.91 Å². The van der Waals surface area contributed by atoms with Crippen LogP contribution in [0.25, 0.3) is 0 Å². The Hall–Kier alpha value is -2.04. The van der Waals surface area contributed by atoms with Gasteiger partial charge in [-0.15, -0.1) is 0 Å². The van der Waals surface area contributed by atoms with Gasteiger partial charge in [0.05, 0.1) is 16.8 Å². The Morgan fingerprint density at radius 2 is 1.52 bits per heavy atom. The molecule has 0 aromatic heterocycles. The summed E-state index contributed by atoms with van der Waals surface area (Å²) in [4.78, 5) is 29.4. The van der Waals surface area contributed by atoms with Crippen molar-refractivity contribution in [3.05, 3.63) is 23.8 Å². The van der Waals surface area contributed by atoms with Gasteiger partial charge in [-0.25, -0.2) is 0 Å². The maximum absolute atomic E-state index is 13.4. The molecule has 1 N–H and O–H groups in total. The third-order valence-corrected chi connectivity index (χ3v) is 6.90. The average molecular weight is 370 g/mol. The van der Waals surface area contributed by atoms with Crippen LogP contribution in [0, 0.1) is 23.2 Å². The Labute approximate surface area is 162 Å². The number of carbonyl (C=O) groups is 2. The summed E-state index contributed by atoms with van der Waals surface area (Å²) in [5.41, 5.74) is 2.09. The van der Waals surface area contributed by atoms with E-state index in [0.717, 1.165) is 48.4 Å². The molecule has 0 radical (unpaired) electrons. The molecule has 4 bridgehead atoms. The standard InChI is InChI=1S/C22H31N3O2/c1-24(2)19-6-5-17(20(26)25(3)4)10-18(19)23-21(27)22-11-14-7-15(12-22)9-16(8-14)13-22/h5-6,10,14-16H,7-9,11-13H2,1-4H3,(H,23,27). The third kappa shape index (κ3) is 3.21. The Morgan fingerprint density at radius 3 is 2.00 bits per heavy atom. The van der Waals surface area contributed by atoms with Crippen LogP contribution in [0.2, 0.25) is 0 Å². The Morgan fingerprint density at radius 1 is 0.963 bits per heavy atom. The van der Waals surface area contributed by atoms with Crippen LogP contribution in [0.3, 0.4) is 0 Å². The van der Waals surface area contributed by atoms with E-state index in [9.17, 15) is 9.59 Å². The summed E-state index contributed by atoms with van der Waals surface area (Å²) in [5.74, 6) is 2.32. The molecule has 5 rings (SSSR count). The summed E-state index contributed by atoms with van der Waals surface area (Å²) in [6.45, 7) is 0. The molecule has 0 unspecified atom stereocenters. The second-order valence-corrected chi connectivity index (χ2v) is 9.48. The summed E-state index contributed by atoms with van der Waals surface area (Å²) in [6, 6.07) is 5.58. The lowest BCUT2D eigenvalue weighted by molar-refractivity contribution is -0.140. The van der Waals surface area contributed by atoms with Crippen molar-refractivity contribution in [2.24, 2.45) is 23.2 Å². The van der Waals surface area contributed by atoms with Crippen molar-refractivity contribution in [2.45, 2.75) is 38.5 Å². The zero-order chi connectivity index (χ0) is 19.3. The van der Waals surface area contributed by atoms with E-state index in [1.54, 1.807) is 19.0 Å². The van der Waals surface area contributed by atoms with Crippen molar-refractivity contribution in [3.8, 4) is 0 Å². The fourth-order valence-corrected chi connectivity index (χ4v) is 6.06. The van der Waals surface area contributed by atoms with Crippen LogP contribution in [-0.4, -0.2) is 44.9 Å². The quantitative estimate of drug-likeness (QED) is 0.882. The summed E-state index contributed by atoms with van der Waals surface area (Å²) in [7, 11) is 7.41. The number of nitrogens with zero attached hydrogens (tertiary/aromatic N) is 2. The summed E-state index contributed by atoms with van der Waals surface area (Å²) in [6.07, 6.45) is 7.09. The average Bonchev–Trinajstić information content (AvgIpc) is 2.59. The number of hydrogen-bond donors (Lipinski definition) is 1. The monoisotopic (exact) mass is 369 g/mol. The normalized spacial score (nSPS) is 30.9. The van der Waals surface area contributed by atoms with Crippen LogP contribution >= 0.6 is 0 Å². The SMILES string of the molecule is CN(C)C(=O)c1ccc(N(C)C)c(NC(=O)C23CC4CC(CC(C4)C2)C3)c1. The van der Waals surface area contributed by atoms with E-state index in [-0.39, 0.29) is 17.2 Å². The molecule has 5 heteroatoms. The third-order valence-electron chi connectivity index (χ3n) is 6.90. The zero-order valence-corrected chi connectivity index (χ0v) is 16.9. The minimum Gasteiger partial charge on any atom is -0.376 e. The Balaban J connectivity index is 1.62. The highest BCUT2D eigenvalue weighted by atomic mass is 16.2. The molecule has 146 valence electrons. The first-order chi connectivity index (χ1) is 12.8. The van der Waals surface area contributed by atoms with E-state index in [1.807, 2.05) is 37.2 Å². The number of nitrogens with one attached hydrogen (secondary N) is 1. The topological polar surface area (TPSA) is 52.7 Å². The van der Waals surface area contributed by atoms with Crippen LogP contribution in [-0.2, 0) is 4.79 Å². The molecular weight excluding hydrogens is 338 g/mol. The molecule has 0 saturated heterocycles. The van der Waals surface area contributed by atoms with Gasteiger partial charge in [0.15, 0.2) is 0 Å². The van der Waals surface area contributed by atoms with Gasteiger partial charge in [-0.3, -0.25) is 9.59 Å². The number of amides is 2. The first-order valence-electron chi connectivity index (χ1n) is 10.1. The fourth-order valence-electron chi connectivity index (χ4n) is 6.06. The van der Waals surface area contributed by atoms with Crippen molar-refractivity contribution in [3.63, 3.8) is 0 Å². The van der Waals surface area contributed by atoms with E-state index in [2.05, 4.69) is 5.32 Å². The first-order valence-corrected chi connectivity index (χ1v) is 10.1. The Bertz CT molecular complexity index is 734. The van der Waals surface area contributed by atoms with Gasteiger partial charge in [0, 0.05) is 33.8 Å². The van der Waals surface area contributed by atoms with Gasteiger partial charge in [-0.1, -0.05) is 0 Å². The highest BCUT2D eigenvalue weighted by Crippen LogP contribution is 2.60. The molecule has 0 heterocycles. The summed E-state index contributed by atoms with van der Waals surface area (Å²) < 4.78 is 0. The number of benzene rings is 1. The summed E-state index contributed by atoms with van der Waals surface area (Å²) in [5, 5.41) is 3.23. The lowest BCUT2D eigenvalue weighted by Gasteiger charge is -2.55. The predicted molar refractivity (Wildman–Crippen MR) is 108 cm³/mol. The molecule has 1 aromatic carbocycles. The number of hydrogen-bond acceptors (Lipinski definition) is 3. The predicted octanol–water partition coefficient (Wildman–Crippen LogP) is 3.61. The summed E-state index contributed by atoms with van der Waals surface area (Å²) >= 11 is 0. The number of rotatable bonds is 4. The molecule has 4 aliphatic carbocycles. The zero-order valence-electron chi connectivity index (χ0n) is 16.9. The first kappa shape index (κ1) is 18.3. The maximum atomic E-state index is 13.4. The molecule has 5 nitrogen and oxygen atoms in total. The second kappa shape index (κ2) is 6.54. The van der Waals surface area contributed by atoms with Crippen LogP contribution in [0.1, 0.15) is 48.9 Å². The van der Waals surface area contributed by atoms with E-state index in [1.165, 1.54) is 19.3 Å². The van der Waals surface area contributed by atoms with Crippen molar-refractivity contribution >= 4 is 23.2 Å². The molecule has 4 aliphatic rings. The van der Waals surface area contributed by atoms with Crippen LogP contribution in [0.15, 0.2) is 18.2 Å². The number of anilines is 2. The highest BCUT2D eigenvalue weighted by molar-refractivity contribution is 6.01. The van der Waals surface area contributed by atoms with Gasteiger partial charge < -0.3 is 15.1 Å². The fraction of sp³-hybridized carbons (Fsp3) is 0.636. The van der Waals surface area contributed by atoms with Crippen LogP contribution in [0.4, 0.5) is 11.4 Å². The largest absolute Gasteiger partial charge is 0.376 e. The van der Waals surface area contributed by atoms with Crippen molar-refractivity contribution in [2.75, 3.05) is 38.4 Å². The van der Waals surface area contributed by atoms with E-state index in [0.29, 0.717) is 5.56 Å². The van der Waals surface area contributed by atoms with Gasteiger partial charge in [-0.2, -0.15) is 0 Å². The van der Waals surface area contributed by atoms with Crippen molar-refractivity contribution in [1.82, 2.24) is 4.90 Å². The van der Waals surface area contributed by atoms with Gasteiger partial charge in [0.2, 0.25) is 5.91 Å². The molecule has 0 spiro atoms. The minimum atomic E-state index is -0.195. The van der Waals surface area contributed by atoms with E-state index >= 15 is 0 Å².